The fourth-order valence-electron chi connectivity index (χ4n) is 5.16. The van der Waals surface area contributed by atoms with E-state index in [0.29, 0.717) is 41.8 Å². The van der Waals surface area contributed by atoms with Crippen LogP contribution in [-0.4, -0.2) is 86.1 Å². The Morgan fingerprint density at radius 3 is 2.38 bits per heavy atom. The van der Waals surface area contributed by atoms with Crippen LogP contribution in [0.1, 0.15) is 23.7 Å². The van der Waals surface area contributed by atoms with Crippen molar-refractivity contribution in [3.8, 4) is 5.75 Å². The average molecular weight is 526 g/mol. The van der Waals surface area contributed by atoms with Crippen LogP contribution >= 0.6 is 23.2 Å². The van der Waals surface area contributed by atoms with Crippen molar-refractivity contribution in [1.82, 2.24) is 14.1 Å². The van der Waals surface area contributed by atoms with Crippen LogP contribution in [0.15, 0.2) is 41.3 Å². The van der Waals surface area contributed by atoms with E-state index in [4.69, 9.17) is 27.9 Å². The Labute approximate surface area is 210 Å². The van der Waals surface area contributed by atoms with E-state index in [2.05, 4.69) is 9.80 Å². The Morgan fingerprint density at radius 1 is 1.03 bits per heavy atom. The summed E-state index contributed by atoms with van der Waals surface area (Å²) in [6.45, 7) is 3.79. The van der Waals surface area contributed by atoms with Crippen LogP contribution in [0.25, 0.3) is 0 Å². The first-order chi connectivity index (χ1) is 16.2. The molecule has 0 saturated carbocycles. The first kappa shape index (κ1) is 24.3. The molecule has 3 aliphatic rings. The van der Waals surface area contributed by atoms with Crippen molar-refractivity contribution in [2.24, 2.45) is 0 Å². The van der Waals surface area contributed by atoms with Gasteiger partial charge in [0.05, 0.1) is 17.0 Å². The molecule has 0 aromatic heterocycles. The van der Waals surface area contributed by atoms with Crippen molar-refractivity contribution in [3.05, 3.63) is 57.6 Å². The summed E-state index contributed by atoms with van der Waals surface area (Å²) >= 11 is 12.8. The monoisotopic (exact) mass is 525 g/mol. The van der Waals surface area contributed by atoms with Crippen LogP contribution < -0.4 is 4.74 Å². The molecule has 1 N–H and O–H groups in total. The number of likely N-dealkylation sites (N-methyl/N-ethyl adjacent to an activating group) is 1. The second-order valence-electron chi connectivity index (χ2n) is 9.38. The Kier molecular flexibility index (Phi) is 6.85. The molecule has 2 saturated heterocycles. The van der Waals surface area contributed by atoms with Gasteiger partial charge in [-0.15, -0.1) is 0 Å². The van der Waals surface area contributed by atoms with Crippen LogP contribution in [0.5, 0.6) is 5.75 Å². The minimum Gasteiger partial charge on any atom is -0.484 e. The van der Waals surface area contributed by atoms with E-state index >= 15 is 0 Å². The molecule has 1 aliphatic carbocycles. The van der Waals surface area contributed by atoms with Crippen molar-refractivity contribution in [2.75, 3.05) is 46.3 Å². The summed E-state index contributed by atoms with van der Waals surface area (Å²) in [5.74, 6) is 0.580. The Bertz CT molecular complexity index is 1150. The Balaban J connectivity index is 1.39. The fourth-order valence-corrected chi connectivity index (χ4v) is 7.17. The number of β-amino-alcohol motifs (C(OH)–C–C–N with tert-alkyl or cyclic N) is 1. The van der Waals surface area contributed by atoms with Gasteiger partial charge in [0.25, 0.3) is 0 Å². The zero-order chi connectivity index (χ0) is 24.0. The molecule has 0 spiro atoms. The van der Waals surface area contributed by atoms with Crippen LogP contribution in [-0.2, 0) is 16.4 Å². The van der Waals surface area contributed by atoms with E-state index in [-0.39, 0.29) is 23.1 Å². The van der Waals surface area contributed by atoms with Gasteiger partial charge in [0.2, 0.25) is 10.0 Å². The highest BCUT2D eigenvalue weighted by atomic mass is 35.5. The highest BCUT2D eigenvalue weighted by Gasteiger charge is 2.41. The van der Waals surface area contributed by atoms with Crippen LogP contribution in [0.2, 0.25) is 10.0 Å². The van der Waals surface area contributed by atoms with Crippen molar-refractivity contribution in [3.63, 3.8) is 0 Å². The molecular formula is C24H29Cl2N3O4S. The summed E-state index contributed by atoms with van der Waals surface area (Å²) in [6, 6.07) is 10.3. The second-order valence-corrected chi connectivity index (χ2v) is 12.2. The number of sulfonamides is 1. The van der Waals surface area contributed by atoms with E-state index in [1.807, 2.05) is 13.1 Å². The number of aliphatic hydroxyl groups excluding tert-OH is 1. The Morgan fingerprint density at radius 2 is 1.74 bits per heavy atom. The molecule has 184 valence electrons. The molecule has 2 aromatic carbocycles. The van der Waals surface area contributed by atoms with E-state index in [1.165, 1.54) is 4.31 Å². The molecule has 34 heavy (non-hydrogen) atoms. The van der Waals surface area contributed by atoms with Crippen molar-refractivity contribution >= 4 is 33.2 Å². The van der Waals surface area contributed by atoms with Gasteiger partial charge in [0, 0.05) is 54.9 Å². The largest absolute Gasteiger partial charge is 0.484 e. The summed E-state index contributed by atoms with van der Waals surface area (Å²) in [7, 11) is -1.55. The molecule has 0 unspecified atom stereocenters. The van der Waals surface area contributed by atoms with Gasteiger partial charge in [-0.3, -0.25) is 4.90 Å². The van der Waals surface area contributed by atoms with Gasteiger partial charge < -0.3 is 14.7 Å². The third kappa shape index (κ3) is 4.69. The van der Waals surface area contributed by atoms with Crippen LogP contribution in [0, 0.1) is 0 Å². The quantitative estimate of drug-likeness (QED) is 0.646. The number of likely N-dealkylation sites (tertiary alicyclic amines) is 1. The van der Waals surface area contributed by atoms with Gasteiger partial charge in [-0.2, -0.15) is 4.31 Å². The second kappa shape index (κ2) is 9.58. The molecule has 7 nitrogen and oxygen atoms in total. The van der Waals surface area contributed by atoms with Crippen LogP contribution in [0.3, 0.4) is 0 Å². The van der Waals surface area contributed by atoms with Crippen molar-refractivity contribution in [2.45, 2.75) is 36.0 Å². The number of rotatable bonds is 5. The summed E-state index contributed by atoms with van der Waals surface area (Å²) in [4.78, 5) is 4.63. The maximum absolute atomic E-state index is 13.1. The average Bonchev–Trinajstić information content (AvgIpc) is 3.38. The van der Waals surface area contributed by atoms with E-state index in [9.17, 15) is 13.5 Å². The third-order valence-electron chi connectivity index (χ3n) is 7.11. The molecule has 2 aromatic rings. The summed E-state index contributed by atoms with van der Waals surface area (Å²) in [5, 5.41) is 11.3. The first-order valence-corrected chi connectivity index (χ1v) is 13.8. The first-order valence-electron chi connectivity index (χ1n) is 11.6. The highest BCUT2D eigenvalue weighted by molar-refractivity contribution is 7.89. The Hall–Kier alpha value is -1.39. The highest BCUT2D eigenvalue weighted by Crippen LogP contribution is 2.43. The van der Waals surface area contributed by atoms with Crippen LogP contribution in [0.4, 0.5) is 0 Å². The predicted octanol–water partition coefficient (Wildman–Crippen LogP) is 3.04. The number of piperazine rings is 1. The topological polar surface area (TPSA) is 73.3 Å². The molecule has 0 amide bonds. The number of ether oxygens (including phenoxy) is 1. The molecule has 0 bridgehead atoms. The molecule has 2 heterocycles. The number of hydrogen-bond acceptors (Lipinski definition) is 6. The van der Waals surface area contributed by atoms with E-state index in [0.717, 1.165) is 37.2 Å². The number of halogens is 2. The lowest BCUT2D eigenvalue weighted by atomic mass is 10.1. The van der Waals surface area contributed by atoms with Gasteiger partial charge in [-0.05, 0) is 61.9 Å². The fraction of sp³-hybridized carbons (Fsp3) is 0.500. The standard InChI is InChI=1S/C24H29Cl2N3O4S/c1-27-8-10-29(11-9-27)34(31,32)19-4-2-18(3-5-19)33-24-21-12-16(25)13-22(26)20(21)14-23(24)28-7-6-17(30)15-28/h2-5,12-13,17,23-24,30H,6-11,14-15H2,1H3/t17-,23+,24+/m1/s1. The molecule has 2 fully saturated rings. The molecule has 5 rings (SSSR count). The number of benzene rings is 2. The smallest absolute Gasteiger partial charge is 0.243 e. The molecule has 10 heteroatoms. The zero-order valence-corrected chi connectivity index (χ0v) is 21.4. The van der Waals surface area contributed by atoms with E-state index in [1.54, 1.807) is 30.3 Å². The van der Waals surface area contributed by atoms with Gasteiger partial charge in [0.15, 0.2) is 0 Å². The lowest BCUT2D eigenvalue weighted by Gasteiger charge is -2.31. The predicted molar refractivity (Wildman–Crippen MR) is 132 cm³/mol. The molecule has 2 aliphatic heterocycles. The summed E-state index contributed by atoms with van der Waals surface area (Å²) in [6.07, 6.45) is 0.768. The van der Waals surface area contributed by atoms with Gasteiger partial charge >= 0.3 is 0 Å². The maximum Gasteiger partial charge on any atom is 0.243 e. The number of aliphatic hydroxyl groups is 1. The number of hydrogen-bond donors (Lipinski definition) is 1. The third-order valence-corrected chi connectivity index (χ3v) is 9.58. The van der Waals surface area contributed by atoms with Gasteiger partial charge in [0.1, 0.15) is 11.9 Å². The normalized spacial score (nSPS) is 26.6. The number of fused-ring (bicyclic) bond motifs is 1. The van der Waals surface area contributed by atoms with Crippen molar-refractivity contribution in [1.29, 1.82) is 0 Å². The maximum atomic E-state index is 13.1. The SMILES string of the molecule is CN1CCN(S(=O)(=O)c2ccc(O[C@H]3c4cc(Cl)cc(Cl)c4C[C@@H]3N3CC[C@@H](O)C3)cc2)CC1. The zero-order valence-electron chi connectivity index (χ0n) is 19.0. The summed E-state index contributed by atoms with van der Waals surface area (Å²) in [5.41, 5.74) is 1.95. The molecular weight excluding hydrogens is 497 g/mol. The van der Waals surface area contributed by atoms with Gasteiger partial charge in [-0.25, -0.2) is 8.42 Å². The minimum absolute atomic E-state index is 0.0110. The lowest BCUT2D eigenvalue weighted by Crippen LogP contribution is -2.46. The lowest BCUT2D eigenvalue weighted by molar-refractivity contribution is 0.0818. The summed E-state index contributed by atoms with van der Waals surface area (Å²) < 4.78 is 34.1. The minimum atomic E-state index is -3.54. The number of nitrogens with zero attached hydrogens (tertiary/aromatic N) is 3. The molecule has 0 radical (unpaired) electrons. The molecule has 3 atom stereocenters. The van der Waals surface area contributed by atoms with Gasteiger partial charge in [-0.1, -0.05) is 23.2 Å². The van der Waals surface area contributed by atoms with Crippen molar-refractivity contribution < 1.29 is 18.3 Å². The van der Waals surface area contributed by atoms with E-state index < -0.39 is 10.0 Å².